The van der Waals surface area contributed by atoms with Crippen molar-refractivity contribution in [2.24, 2.45) is 10.3 Å². The molecule has 8 nitrogen and oxygen atoms in total. The van der Waals surface area contributed by atoms with E-state index in [1.807, 2.05) is 13.8 Å². The number of aliphatic hydroxyl groups excluding tert-OH is 1. The van der Waals surface area contributed by atoms with E-state index in [-0.39, 0.29) is 34.5 Å². The highest BCUT2D eigenvalue weighted by molar-refractivity contribution is 7.90. The number of amides is 1. The number of benzene rings is 1. The molecule has 30 heavy (non-hydrogen) atoms. The fourth-order valence-corrected chi connectivity index (χ4v) is 4.83. The van der Waals surface area contributed by atoms with Crippen molar-refractivity contribution in [3.05, 3.63) is 65.7 Å². The van der Waals surface area contributed by atoms with Crippen molar-refractivity contribution in [1.29, 1.82) is 0 Å². The van der Waals surface area contributed by atoms with Gasteiger partial charge in [-0.3, -0.25) is 9.78 Å². The predicted molar refractivity (Wildman–Crippen MR) is 112 cm³/mol. The van der Waals surface area contributed by atoms with Crippen LogP contribution in [0.3, 0.4) is 0 Å². The summed E-state index contributed by atoms with van der Waals surface area (Å²) < 4.78 is 29.0. The van der Waals surface area contributed by atoms with Crippen molar-refractivity contribution in [3.8, 4) is 0 Å². The molecular weight excluding hydrogens is 404 g/mol. The number of anilines is 1. The number of pyridine rings is 1. The fraction of sp³-hybridized carbons (Fsp3) is 0.286. The highest BCUT2D eigenvalue weighted by Crippen LogP contribution is 2.34. The number of fused-ring (bicyclic) bond motifs is 1. The second-order valence-corrected chi connectivity index (χ2v) is 9.30. The molecule has 0 unspecified atom stereocenters. The Balaban J connectivity index is 1.75. The van der Waals surface area contributed by atoms with E-state index in [0.717, 1.165) is 5.56 Å². The summed E-state index contributed by atoms with van der Waals surface area (Å²) in [4.78, 5) is 18.9. The lowest BCUT2D eigenvalue weighted by molar-refractivity contribution is -0.127. The molecule has 1 aromatic heterocycles. The van der Waals surface area contributed by atoms with E-state index in [0.29, 0.717) is 12.1 Å². The molecule has 2 N–H and O–H groups in total. The minimum atomic E-state index is -3.99. The Labute approximate surface area is 175 Å². The zero-order chi connectivity index (χ0) is 21.5. The van der Waals surface area contributed by atoms with Gasteiger partial charge in [-0.2, -0.15) is 8.42 Å². The van der Waals surface area contributed by atoms with Gasteiger partial charge in [0.1, 0.15) is 16.2 Å². The van der Waals surface area contributed by atoms with Crippen LogP contribution in [0.5, 0.6) is 0 Å². The van der Waals surface area contributed by atoms with Crippen LogP contribution in [0.2, 0.25) is 0 Å². The minimum Gasteiger partial charge on any atom is -0.509 e. The van der Waals surface area contributed by atoms with Crippen molar-refractivity contribution in [1.82, 2.24) is 9.88 Å². The summed E-state index contributed by atoms with van der Waals surface area (Å²) in [5.41, 5.74) is 1.08. The molecule has 1 aromatic carbocycles. The van der Waals surface area contributed by atoms with Crippen LogP contribution in [-0.2, 0) is 21.4 Å². The fourth-order valence-electron chi connectivity index (χ4n) is 3.71. The molecule has 0 saturated carbocycles. The minimum absolute atomic E-state index is 0.0339. The normalized spacial score (nSPS) is 20.2. The first-order valence-corrected chi connectivity index (χ1v) is 11.1. The number of hydrogen-bond acceptors (Lipinski definition) is 6. The van der Waals surface area contributed by atoms with Crippen LogP contribution in [-0.4, -0.2) is 41.2 Å². The first-order chi connectivity index (χ1) is 14.3. The molecule has 2 aliphatic heterocycles. The average Bonchev–Trinajstić information content (AvgIpc) is 2.92. The quantitative estimate of drug-likeness (QED) is 0.760. The van der Waals surface area contributed by atoms with Gasteiger partial charge >= 0.3 is 0 Å². The molecule has 2 aliphatic rings. The molecule has 0 radical (unpaired) electrons. The van der Waals surface area contributed by atoms with Gasteiger partial charge in [0.2, 0.25) is 0 Å². The Kier molecular flexibility index (Phi) is 5.07. The predicted octanol–water partition coefficient (Wildman–Crippen LogP) is 2.86. The lowest BCUT2D eigenvalue weighted by atomic mass is 10.0. The van der Waals surface area contributed by atoms with E-state index < -0.39 is 22.0 Å². The van der Waals surface area contributed by atoms with Crippen LogP contribution >= 0.6 is 0 Å². The van der Waals surface area contributed by atoms with Crippen molar-refractivity contribution in [2.75, 3.05) is 5.32 Å². The Morgan fingerprint density at radius 2 is 1.87 bits per heavy atom. The third kappa shape index (κ3) is 3.56. The zero-order valence-electron chi connectivity index (χ0n) is 16.6. The largest absolute Gasteiger partial charge is 0.509 e. The third-order valence-corrected chi connectivity index (χ3v) is 6.42. The summed E-state index contributed by atoms with van der Waals surface area (Å²) in [5, 5.41) is 13.9. The number of aromatic nitrogens is 1. The van der Waals surface area contributed by atoms with E-state index in [2.05, 4.69) is 14.7 Å². The van der Waals surface area contributed by atoms with Crippen molar-refractivity contribution in [2.45, 2.75) is 37.8 Å². The van der Waals surface area contributed by atoms with Gasteiger partial charge in [0, 0.05) is 18.9 Å². The standard InChI is InChI=1S/C21H22N4O4S/c1-13(2)11-16-19(26)18(21(27)25(16)12-14-7-9-22-10-8-14)20-23-15-5-3-4-6-17(15)30(28,29)24-20/h3-10,13,16,26H,11-12H2,1-2H3,(H,23,24)/t16-/m0/s1. The molecule has 1 atom stereocenters. The smallest absolute Gasteiger partial charge is 0.286 e. The number of aliphatic hydroxyl groups is 1. The average molecular weight is 426 g/mol. The van der Waals surface area contributed by atoms with E-state index in [9.17, 15) is 18.3 Å². The first kappa shape index (κ1) is 20.1. The molecule has 9 heteroatoms. The lowest BCUT2D eigenvalue weighted by Gasteiger charge is -2.26. The molecular formula is C21H22N4O4S. The topological polar surface area (TPSA) is 112 Å². The van der Waals surface area contributed by atoms with E-state index in [1.54, 1.807) is 47.6 Å². The Hall–Kier alpha value is -3.20. The van der Waals surface area contributed by atoms with Crippen LogP contribution in [0, 0.1) is 5.92 Å². The maximum Gasteiger partial charge on any atom is 0.286 e. The van der Waals surface area contributed by atoms with Crippen LogP contribution in [0.25, 0.3) is 0 Å². The summed E-state index contributed by atoms with van der Waals surface area (Å²) in [7, 11) is -3.99. The van der Waals surface area contributed by atoms with Gasteiger partial charge in [-0.05, 0) is 42.2 Å². The summed E-state index contributed by atoms with van der Waals surface area (Å²) in [6.45, 7) is 4.26. The SMILES string of the molecule is CC(C)C[C@H]1C(O)=C(C2=NS(=O)(=O)c3ccccc3N2)C(=O)N1Cc1ccncc1. The van der Waals surface area contributed by atoms with Gasteiger partial charge < -0.3 is 15.3 Å². The molecule has 3 heterocycles. The summed E-state index contributed by atoms with van der Waals surface area (Å²) in [6.07, 6.45) is 3.80. The number of nitrogens with one attached hydrogen (secondary N) is 1. The summed E-state index contributed by atoms with van der Waals surface area (Å²) >= 11 is 0. The number of rotatable bonds is 5. The maximum absolute atomic E-state index is 13.3. The van der Waals surface area contributed by atoms with Gasteiger partial charge in [-0.25, -0.2) is 0 Å². The van der Waals surface area contributed by atoms with Gasteiger partial charge in [0.05, 0.1) is 11.7 Å². The lowest BCUT2D eigenvalue weighted by Crippen LogP contribution is -2.37. The second kappa shape index (κ2) is 7.56. The number of hydrogen-bond donors (Lipinski definition) is 2. The zero-order valence-corrected chi connectivity index (χ0v) is 17.4. The molecule has 0 aliphatic carbocycles. The number of carbonyl (C=O) groups excluding carboxylic acids is 1. The highest BCUT2D eigenvalue weighted by atomic mass is 32.2. The van der Waals surface area contributed by atoms with Gasteiger partial charge in [-0.15, -0.1) is 4.40 Å². The molecule has 0 fully saturated rings. The second-order valence-electron chi connectivity index (χ2n) is 7.73. The number of sulfonamides is 1. The van der Waals surface area contributed by atoms with Crippen molar-refractivity contribution >= 4 is 27.5 Å². The molecule has 0 bridgehead atoms. The van der Waals surface area contributed by atoms with Crippen LogP contribution in [0.4, 0.5) is 5.69 Å². The van der Waals surface area contributed by atoms with Crippen molar-refractivity contribution in [3.63, 3.8) is 0 Å². The van der Waals surface area contributed by atoms with Crippen LogP contribution in [0.15, 0.2) is 69.4 Å². The van der Waals surface area contributed by atoms with Crippen LogP contribution in [0.1, 0.15) is 25.8 Å². The molecule has 1 amide bonds. The number of para-hydroxylation sites is 1. The molecule has 4 rings (SSSR count). The Bertz CT molecular complexity index is 1160. The monoisotopic (exact) mass is 426 g/mol. The first-order valence-electron chi connectivity index (χ1n) is 9.62. The Morgan fingerprint density at radius 1 is 1.17 bits per heavy atom. The van der Waals surface area contributed by atoms with Crippen LogP contribution < -0.4 is 5.32 Å². The Morgan fingerprint density at radius 3 is 2.57 bits per heavy atom. The molecule has 0 spiro atoms. The molecule has 2 aromatic rings. The van der Waals surface area contributed by atoms with E-state index >= 15 is 0 Å². The molecule has 0 saturated heterocycles. The third-order valence-electron chi connectivity index (χ3n) is 5.09. The number of nitrogens with zero attached hydrogens (tertiary/aromatic N) is 3. The summed E-state index contributed by atoms with van der Waals surface area (Å²) in [5.74, 6) is -0.573. The van der Waals surface area contributed by atoms with Crippen molar-refractivity contribution < 1.29 is 18.3 Å². The number of carbonyl (C=O) groups is 1. The van der Waals surface area contributed by atoms with E-state index in [1.165, 1.54) is 6.07 Å². The van der Waals surface area contributed by atoms with Gasteiger partial charge in [0.25, 0.3) is 15.9 Å². The maximum atomic E-state index is 13.3. The number of amidine groups is 1. The molecule has 156 valence electrons. The highest BCUT2D eigenvalue weighted by Gasteiger charge is 2.43. The van der Waals surface area contributed by atoms with Gasteiger partial charge in [0.15, 0.2) is 5.84 Å². The summed E-state index contributed by atoms with van der Waals surface area (Å²) in [6, 6.07) is 9.36. The van der Waals surface area contributed by atoms with Gasteiger partial charge in [-0.1, -0.05) is 26.0 Å². The van der Waals surface area contributed by atoms with E-state index in [4.69, 9.17) is 0 Å².